The molecule has 2 rings (SSSR count). The van der Waals surface area contributed by atoms with Crippen LogP contribution in [0.25, 0.3) is 0 Å². The lowest BCUT2D eigenvalue weighted by atomic mass is 9.76. The molecule has 0 unspecified atom stereocenters. The molecule has 1 aliphatic heterocycles. The number of aromatic nitrogens is 1. The molecule has 0 radical (unpaired) electrons. The normalized spacial score (nSPS) is 21.3. The zero-order chi connectivity index (χ0) is 13.6. The van der Waals surface area contributed by atoms with Crippen LogP contribution in [-0.2, 0) is 15.7 Å². The molecule has 1 aromatic heterocycles. The van der Waals surface area contributed by atoms with Crippen molar-refractivity contribution in [2.24, 2.45) is 0 Å². The SMILES string of the molecule is CCc1c(B2OC(C)(C)C(C)(C)O2)ccnc1Cl. The molecular weight excluding hydrogens is 248 g/mol. The van der Waals surface area contributed by atoms with E-state index in [2.05, 4.69) is 11.9 Å². The maximum atomic E-state index is 6.13. The number of halogens is 1. The van der Waals surface area contributed by atoms with Gasteiger partial charge in [-0.25, -0.2) is 4.98 Å². The Labute approximate surface area is 114 Å². The van der Waals surface area contributed by atoms with Crippen LogP contribution in [0.4, 0.5) is 0 Å². The molecule has 1 aliphatic rings. The molecule has 1 aromatic rings. The zero-order valence-corrected chi connectivity index (χ0v) is 12.3. The third kappa shape index (κ3) is 2.17. The van der Waals surface area contributed by atoms with Crippen LogP contribution in [0.2, 0.25) is 5.15 Å². The van der Waals surface area contributed by atoms with Crippen molar-refractivity contribution < 1.29 is 9.31 Å². The fraction of sp³-hybridized carbons (Fsp3) is 0.615. The van der Waals surface area contributed by atoms with Gasteiger partial charge in [0.1, 0.15) is 5.15 Å². The highest BCUT2D eigenvalue weighted by atomic mass is 35.5. The van der Waals surface area contributed by atoms with Crippen molar-refractivity contribution in [3.05, 3.63) is 23.0 Å². The van der Waals surface area contributed by atoms with Crippen LogP contribution < -0.4 is 5.46 Å². The van der Waals surface area contributed by atoms with E-state index >= 15 is 0 Å². The molecule has 0 amide bonds. The Balaban J connectivity index is 2.38. The first-order valence-electron chi connectivity index (χ1n) is 6.27. The monoisotopic (exact) mass is 267 g/mol. The molecule has 98 valence electrons. The van der Waals surface area contributed by atoms with E-state index in [4.69, 9.17) is 20.9 Å². The smallest absolute Gasteiger partial charge is 0.399 e. The first-order chi connectivity index (χ1) is 8.28. The quantitative estimate of drug-likeness (QED) is 0.610. The minimum atomic E-state index is -0.370. The summed E-state index contributed by atoms with van der Waals surface area (Å²) in [6.07, 6.45) is 2.51. The van der Waals surface area contributed by atoms with Crippen molar-refractivity contribution >= 4 is 24.2 Å². The summed E-state index contributed by atoms with van der Waals surface area (Å²) in [5.74, 6) is 0. The highest BCUT2D eigenvalue weighted by molar-refractivity contribution is 6.63. The number of hydrogen-bond donors (Lipinski definition) is 0. The van der Waals surface area contributed by atoms with Gasteiger partial charge in [0.05, 0.1) is 11.2 Å². The summed E-state index contributed by atoms with van der Waals surface area (Å²) in [7, 11) is -0.370. The minimum absolute atomic E-state index is 0.335. The molecular formula is C13H19BClNO2. The van der Waals surface area contributed by atoms with Crippen molar-refractivity contribution in [2.45, 2.75) is 52.2 Å². The van der Waals surface area contributed by atoms with Gasteiger partial charge in [-0.05, 0) is 51.2 Å². The zero-order valence-electron chi connectivity index (χ0n) is 11.6. The summed E-state index contributed by atoms with van der Waals surface area (Å²) < 4.78 is 12.1. The van der Waals surface area contributed by atoms with E-state index in [1.54, 1.807) is 6.20 Å². The van der Waals surface area contributed by atoms with E-state index in [0.29, 0.717) is 5.15 Å². The van der Waals surface area contributed by atoms with Gasteiger partial charge in [0.25, 0.3) is 0 Å². The third-order valence-corrected chi connectivity index (χ3v) is 4.23. The van der Waals surface area contributed by atoms with Gasteiger partial charge in [0.2, 0.25) is 0 Å². The second-order valence-corrected chi connectivity index (χ2v) is 5.97. The molecule has 0 aromatic carbocycles. The van der Waals surface area contributed by atoms with E-state index in [1.807, 2.05) is 33.8 Å². The fourth-order valence-electron chi connectivity index (χ4n) is 2.02. The Morgan fingerprint density at radius 3 is 2.28 bits per heavy atom. The molecule has 1 fully saturated rings. The summed E-state index contributed by atoms with van der Waals surface area (Å²) in [6.45, 7) is 10.2. The number of pyridine rings is 1. The Bertz CT molecular complexity index is 446. The largest absolute Gasteiger partial charge is 0.495 e. The first-order valence-corrected chi connectivity index (χ1v) is 6.65. The van der Waals surface area contributed by atoms with Crippen molar-refractivity contribution in [3.8, 4) is 0 Å². The number of rotatable bonds is 2. The molecule has 3 nitrogen and oxygen atoms in total. The molecule has 0 atom stereocenters. The molecule has 18 heavy (non-hydrogen) atoms. The molecule has 2 heterocycles. The van der Waals surface area contributed by atoms with Crippen molar-refractivity contribution in [3.63, 3.8) is 0 Å². The topological polar surface area (TPSA) is 31.4 Å². The van der Waals surface area contributed by atoms with E-state index in [0.717, 1.165) is 17.4 Å². The number of hydrogen-bond acceptors (Lipinski definition) is 3. The van der Waals surface area contributed by atoms with Gasteiger partial charge in [0.15, 0.2) is 0 Å². The Hall–Kier alpha value is -0.575. The van der Waals surface area contributed by atoms with Crippen LogP contribution in [0.3, 0.4) is 0 Å². The highest BCUT2D eigenvalue weighted by Gasteiger charge is 2.52. The Morgan fingerprint density at radius 2 is 1.78 bits per heavy atom. The summed E-state index contributed by atoms with van der Waals surface area (Å²) >= 11 is 6.13. The predicted octanol–water partition coefficient (Wildman–Crippen LogP) is 2.60. The molecule has 0 saturated carbocycles. The second-order valence-electron chi connectivity index (χ2n) is 5.61. The van der Waals surface area contributed by atoms with E-state index in [1.165, 1.54) is 0 Å². The Morgan fingerprint density at radius 1 is 1.22 bits per heavy atom. The van der Waals surface area contributed by atoms with Crippen LogP contribution in [-0.4, -0.2) is 23.3 Å². The first kappa shape index (κ1) is 13.8. The highest BCUT2D eigenvalue weighted by Crippen LogP contribution is 2.36. The lowest BCUT2D eigenvalue weighted by Crippen LogP contribution is -2.41. The maximum absolute atomic E-state index is 6.13. The van der Waals surface area contributed by atoms with Crippen molar-refractivity contribution in [2.75, 3.05) is 0 Å². The van der Waals surface area contributed by atoms with Crippen LogP contribution in [0, 0.1) is 0 Å². The molecule has 1 saturated heterocycles. The third-order valence-electron chi connectivity index (χ3n) is 3.90. The number of nitrogens with zero attached hydrogens (tertiary/aromatic N) is 1. The van der Waals surface area contributed by atoms with Gasteiger partial charge >= 0.3 is 7.12 Å². The molecule has 0 spiro atoms. The van der Waals surface area contributed by atoms with Gasteiger partial charge in [-0.15, -0.1) is 0 Å². The molecule has 0 bridgehead atoms. The average molecular weight is 268 g/mol. The van der Waals surface area contributed by atoms with E-state index in [9.17, 15) is 0 Å². The van der Waals surface area contributed by atoms with Crippen LogP contribution in [0.1, 0.15) is 40.2 Å². The molecule has 0 aliphatic carbocycles. The van der Waals surface area contributed by atoms with Gasteiger partial charge < -0.3 is 9.31 Å². The predicted molar refractivity (Wildman–Crippen MR) is 74.3 cm³/mol. The lowest BCUT2D eigenvalue weighted by molar-refractivity contribution is 0.00578. The summed E-state index contributed by atoms with van der Waals surface area (Å²) in [5, 5.41) is 0.532. The van der Waals surface area contributed by atoms with Crippen LogP contribution in [0.5, 0.6) is 0 Å². The van der Waals surface area contributed by atoms with E-state index < -0.39 is 0 Å². The van der Waals surface area contributed by atoms with Gasteiger partial charge in [0, 0.05) is 6.20 Å². The van der Waals surface area contributed by atoms with Gasteiger partial charge in [-0.3, -0.25) is 0 Å². The molecule has 5 heteroatoms. The minimum Gasteiger partial charge on any atom is -0.399 e. The Kier molecular flexibility index (Phi) is 3.47. The second kappa shape index (κ2) is 4.51. The fourth-order valence-corrected chi connectivity index (χ4v) is 2.32. The van der Waals surface area contributed by atoms with Gasteiger partial charge in [-0.1, -0.05) is 18.5 Å². The summed E-state index contributed by atoms with van der Waals surface area (Å²) in [6, 6.07) is 1.92. The maximum Gasteiger partial charge on any atom is 0.495 e. The van der Waals surface area contributed by atoms with Crippen molar-refractivity contribution in [1.82, 2.24) is 4.98 Å². The van der Waals surface area contributed by atoms with Gasteiger partial charge in [-0.2, -0.15) is 0 Å². The summed E-state index contributed by atoms with van der Waals surface area (Å²) in [4.78, 5) is 4.11. The average Bonchev–Trinajstić information content (AvgIpc) is 2.47. The lowest BCUT2D eigenvalue weighted by Gasteiger charge is -2.32. The summed E-state index contributed by atoms with van der Waals surface area (Å²) in [5.41, 5.74) is 1.31. The van der Waals surface area contributed by atoms with E-state index in [-0.39, 0.29) is 18.3 Å². The van der Waals surface area contributed by atoms with Crippen LogP contribution in [0.15, 0.2) is 12.3 Å². The molecule has 0 N–H and O–H groups in total. The van der Waals surface area contributed by atoms with Crippen LogP contribution >= 0.6 is 11.6 Å². The van der Waals surface area contributed by atoms with Crippen molar-refractivity contribution in [1.29, 1.82) is 0 Å². The standard InChI is InChI=1S/C13H19BClNO2/c1-6-9-10(7-8-16-11(9)15)14-17-12(2,3)13(4,5)18-14/h7-8H,6H2,1-5H3.